The van der Waals surface area contributed by atoms with Crippen molar-refractivity contribution in [3.8, 4) is 22.8 Å². The Morgan fingerprint density at radius 3 is 2.49 bits per heavy atom. The predicted octanol–water partition coefficient (Wildman–Crippen LogP) is 7.99. The summed E-state index contributed by atoms with van der Waals surface area (Å²) in [6, 6.07) is 12.6. The molecular weight excluding hydrogens is 677 g/mol. The first-order valence-electron chi connectivity index (χ1n) is 13.4. The number of nitrogens with zero attached hydrogens (tertiary/aromatic N) is 5. The number of benzene rings is 3. The Kier molecular flexibility index (Phi) is 9.81. The first-order valence-corrected chi connectivity index (χ1v) is 15.2. The lowest BCUT2D eigenvalue weighted by Crippen LogP contribution is -2.31. The van der Waals surface area contributed by atoms with E-state index in [9.17, 15) is 35.9 Å². The summed E-state index contributed by atoms with van der Waals surface area (Å²) in [5.74, 6) is -1.39. The third-order valence-electron chi connectivity index (χ3n) is 6.26. The third-order valence-corrected chi connectivity index (χ3v) is 7.92. The quantitative estimate of drug-likeness (QED) is 0.147. The summed E-state index contributed by atoms with van der Waals surface area (Å²) in [5, 5.41) is 6.45. The number of nitrogens with one attached hydrogen (secondary N) is 1. The van der Waals surface area contributed by atoms with Gasteiger partial charge in [0.05, 0.1) is 35.8 Å². The Morgan fingerprint density at radius 2 is 1.81 bits per heavy atom. The van der Waals surface area contributed by atoms with Crippen LogP contribution in [0.4, 0.5) is 46.9 Å². The molecule has 5 rings (SSSR count). The van der Waals surface area contributed by atoms with E-state index in [4.69, 9.17) is 4.74 Å². The van der Waals surface area contributed by atoms with Crippen LogP contribution in [0.1, 0.15) is 12.0 Å². The van der Waals surface area contributed by atoms with Crippen molar-refractivity contribution in [3.63, 3.8) is 0 Å². The predicted molar refractivity (Wildman–Crippen MR) is 162 cm³/mol. The second-order valence-electron chi connectivity index (χ2n) is 9.78. The number of amidine groups is 1. The van der Waals surface area contributed by atoms with Gasteiger partial charge in [-0.1, -0.05) is 17.8 Å². The Balaban J connectivity index is 1.29. The van der Waals surface area contributed by atoms with Gasteiger partial charge < -0.3 is 10.1 Å². The van der Waals surface area contributed by atoms with Crippen molar-refractivity contribution in [1.82, 2.24) is 14.8 Å². The summed E-state index contributed by atoms with van der Waals surface area (Å²) in [7, 11) is 0. The molecule has 0 radical (unpaired) electrons. The number of amides is 3. The summed E-state index contributed by atoms with van der Waals surface area (Å²) in [4.78, 5) is 34.6. The summed E-state index contributed by atoms with van der Waals surface area (Å²) in [6.07, 6.45) is -4.36. The van der Waals surface area contributed by atoms with E-state index in [0.717, 1.165) is 22.7 Å². The van der Waals surface area contributed by atoms with Gasteiger partial charge in [-0.2, -0.15) is 31.3 Å². The lowest BCUT2D eigenvalue weighted by molar-refractivity contribution is -0.139. The summed E-state index contributed by atoms with van der Waals surface area (Å²) >= 11 is 0.654. The smallest absolute Gasteiger partial charge is 0.446 e. The zero-order valence-electron chi connectivity index (χ0n) is 23.9. The number of carbonyl (C=O) groups excluding carboxylic acids is 2. The van der Waals surface area contributed by atoms with Crippen LogP contribution in [-0.4, -0.2) is 55.9 Å². The van der Waals surface area contributed by atoms with E-state index >= 15 is 4.39 Å². The van der Waals surface area contributed by atoms with Gasteiger partial charge >= 0.3 is 17.7 Å². The highest BCUT2D eigenvalue weighted by Crippen LogP contribution is 2.38. The second-order valence-corrected chi connectivity index (χ2v) is 11.9. The molecule has 1 aliphatic heterocycles. The minimum absolute atomic E-state index is 0.00829. The Labute approximate surface area is 270 Å². The van der Waals surface area contributed by atoms with Crippen molar-refractivity contribution in [2.75, 3.05) is 22.6 Å². The number of halogens is 7. The molecule has 3 aromatic carbocycles. The molecule has 1 N–H and O–H groups in total. The lowest BCUT2D eigenvalue weighted by atomic mass is 10.2. The monoisotopic (exact) mass is 698 g/mol. The van der Waals surface area contributed by atoms with Gasteiger partial charge in [-0.15, -0.1) is 5.10 Å². The minimum Gasteiger partial charge on any atom is -0.491 e. The first-order chi connectivity index (χ1) is 22.1. The van der Waals surface area contributed by atoms with Crippen LogP contribution in [0.2, 0.25) is 0 Å². The number of aryl methyl sites for hydroxylation is 1. The highest BCUT2D eigenvalue weighted by atomic mass is 32.2. The molecule has 1 aliphatic rings. The lowest BCUT2D eigenvalue weighted by Gasteiger charge is -2.20. The van der Waals surface area contributed by atoms with Crippen molar-refractivity contribution in [1.29, 1.82) is 0 Å². The average molecular weight is 699 g/mol. The van der Waals surface area contributed by atoms with Gasteiger partial charge in [0.25, 0.3) is 0 Å². The Morgan fingerprint density at radius 1 is 1.06 bits per heavy atom. The van der Waals surface area contributed by atoms with Crippen LogP contribution in [0.3, 0.4) is 0 Å². The van der Waals surface area contributed by atoms with Crippen molar-refractivity contribution >= 4 is 52.0 Å². The number of ether oxygens (including phenoxy) is 1. The highest BCUT2D eigenvalue weighted by molar-refractivity contribution is 8.15. The molecule has 18 heteroatoms. The molecule has 9 nitrogen and oxygen atoms in total. The molecule has 4 aromatic rings. The second kappa shape index (κ2) is 13.6. The number of rotatable bonds is 8. The molecule has 47 heavy (non-hydrogen) atoms. The van der Waals surface area contributed by atoms with Crippen LogP contribution in [0, 0.1) is 12.7 Å². The van der Waals surface area contributed by atoms with Crippen molar-refractivity contribution in [2.24, 2.45) is 4.99 Å². The normalized spacial score (nSPS) is 14.6. The molecule has 0 spiro atoms. The largest absolute Gasteiger partial charge is 0.491 e. The number of alkyl halides is 6. The number of anilines is 2. The number of hydrogen-bond donors (Lipinski definition) is 1. The molecule has 246 valence electrons. The van der Waals surface area contributed by atoms with E-state index in [2.05, 4.69) is 20.4 Å². The van der Waals surface area contributed by atoms with Crippen molar-refractivity contribution < 1.29 is 45.1 Å². The van der Waals surface area contributed by atoms with Crippen LogP contribution >= 0.6 is 23.5 Å². The van der Waals surface area contributed by atoms with Gasteiger partial charge in [0.2, 0.25) is 5.91 Å². The van der Waals surface area contributed by atoms with E-state index in [1.807, 2.05) is 0 Å². The Bertz CT molecular complexity index is 1830. The van der Waals surface area contributed by atoms with Crippen LogP contribution in [0.15, 0.2) is 76.9 Å². The molecule has 1 saturated heterocycles. The molecular formula is C29H21F7N6O3S2. The average Bonchev–Trinajstić information content (AvgIpc) is 3.61. The first kappa shape index (κ1) is 33.8. The number of aromatic nitrogens is 3. The standard InChI is InChI=1S/C29H21F7N6O3S2/c1-16-2-9-23(45-11-10-28(31,32)33)22(12-16)42-24(43)14-46-27(42)39-26(44)38-21-8-3-17(13-20(21)30)25-37-15-41(40-25)18-4-6-19(7-5-18)47-29(34,35)36/h2-9,12-13,15H,10-11,14H2,1H3,(H,38,44)/b39-27-. The van der Waals surface area contributed by atoms with Crippen LogP contribution in [0.5, 0.6) is 5.75 Å². The maximum atomic E-state index is 15.0. The molecule has 3 amide bonds. The van der Waals surface area contributed by atoms with Crippen molar-refractivity contribution in [2.45, 2.75) is 29.9 Å². The fourth-order valence-corrected chi connectivity index (χ4v) is 5.59. The van der Waals surface area contributed by atoms with Gasteiger partial charge in [0.1, 0.15) is 17.9 Å². The fourth-order valence-electron chi connectivity index (χ4n) is 4.19. The third kappa shape index (κ3) is 8.82. The minimum atomic E-state index is -4.45. The number of hydrogen-bond acceptors (Lipinski definition) is 7. The van der Waals surface area contributed by atoms with Gasteiger partial charge in [-0.25, -0.2) is 18.9 Å². The number of thioether (sulfide) groups is 2. The SMILES string of the molecule is Cc1ccc(OCCC(F)(F)F)c(N2C(=O)CS/C2=N\C(=O)Nc2ccc(-c3ncn(-c4ccc(SC(F)(F)F)cc4)n3)cc2F)c1. The zero-order valence-corrected chi connectivity index (χ0v) is 25.5. The molecule has 2 heterocycles. The molecule has 0 unspecified atom stereocenters. The molecule has 0 aliphatic carbocycles. The van der Waals surface area contributed by atoms with E-state index in [1.54, 1.807) is 13.0 Å². The summed E-state index contributed by atoms with van der Waals surface area (Å²) < 4.78 is 97.4. The van der Waals surface area contributed by atoms with E-state index < -0.39 is 42.5 Å². The summed E-state index contributed by atoms with van der Waals surface area (Å²) in [5.41, 5.74) is -3.27. The van der Waals surface area contributed by atoms with Crippen molar-refractivity contribution in [3.05, 3.63) is 78.4 Å². The fraction of sp³-hybridized carbons (Fsp3) is 0.207. The molecule has 0 bridgehead atoms. The number of carbonyl (C=O) groups is 2. The van der Waals surface area contributed by atoms with Gasteiger partial charge in [0, 0.05) is 10.5 Å². The van der Waals surface area contributed by atoms with E-state index in [-0.39, 0.29) is 56.1 Å². The summed E-state index contributed by atoms with van der Waals surface area (Å²) in [6.45, 7) is 1.01. The molecule has 1 aromatic heterocycles. The molecule has 0 saturated carbocycles. The zero-order chi connectivity index (χ0) is 33.9. The molecule has 1 fully saturated rings. The maximum Gasteiger partial charge on any atom is 0.446 e. The Hall–Kier alpha value is -4.58. The maximum absolute atomic E-state index is 15.0. The van der Waals surface area contributed by atoms with Crippen LogP contribution in [-0.2, 0) is 4.79 Å². The van der Waals surface area contributed by atoms with Crippen LogP contribution < -0.4 is 15.0 Å². The van der Waals surface area contributed by atoms with Gasteiger partial charge in [-0.3, -0.25) is 9.69 Å². The number of urea groups is 1. The van der Waals surface area contributed by atoms with E-state index in [1.165, 1.54) is 59.5 Å². The number of aliphatic imine (C=N–C) groups is 1. The highest BCUT2D eigenvalue weighted by Gasteiger charge is 2.34. The molecule has 0 atom stereocenters. The topological polar surface area (TPSA) is 102 Å². The van der Waals surface area contributed by atoms with E-state index in [0.29, 0.717) is 11.3 Å². The van der Waals surface area contributed by atoms with Gasteiger partial charge in [-0.05, 0) is 78.8 Å². The van der Waals surface area contributed by atoms with Gasteiger partial charge in [0.15, 0.2) is 11.0 Å². The van der Waals surface area contributed by atoms with Crippen LogP contribution in [0.25, 0.3) is 17.1 Å².